The first kappa shape index (κ1) is 15.7. The molecule has 0 aliphatic heterocycles. The van der Waals surface area contributed by atoms with E-state index in [2.05, 4.69) is 20.6 Å². The van der Waals surface area contributed by atoms with Crippen LogP contribution in [0.4, 0.5) is 10.9 Å². The fourth-order valence-corrected chi connectivity index (χ4v) is 2.60. The van der Waals surface area contributed by atoms with E-state index >= 15 is 0 Å². The number of nitrogens with zero attached hydrogens (tertiary/aromatic N) is 2. The quantitative estimate of drug-likeness (QED) is 0.878. The number of thiazole rings is 1. The average molecular weight is 325 g/mol. The Hall–Kier alpha value is -1.66. The Bertz CT molecular complexity index is 626. The van der Waals surface area contributed by atoms with Gasteiger partial charge in [0.2, 0.25) is 0 Å². The lowest BCUT2D eigenvalue weighted by molar-refractivity contribution is 0.0942. The van der Waals surface area contributed by atoms with Crippen molar-refractivity contribution in [3.63, 3.8) is 0 Å². The third-order valence-corrected chi connectivity index (χ3v) is 4.25. The highest BCUT2D eigenvalue weighted by Gasteiger charge is 2.16. The van der Waals surface area contributed by atoms with Gasteiger partial charge < -0.3 is 10.6 Å². The van der Waals surface area contributed by atoms with Crippen molar-refractivity contribution in [3.8, 4) is 0 Å². The molecule has 2 rings (SSSR count). The molecule has 7 heteroatoms. The molecule has 0 fully saturated rings. The molecule has 5 nitrogen and oxygen atoms in total. The molecule has 2 N–H and O–H groups in total. The van der Waals surface area contributed by atoms with Gasteiger partial charge in [-0.05, 0) is 32.4 Å². The summed E-state index contributed by atoms with van der Waals surface area (Å²) in [5.41, 5.74) is 0.706. The van der Waals surface area contributed by atoms with Crippen LogP contribution < -0.4 is 10.6 Å². The van der Waals surface area contributed by atoms with Crippen LogP contribution in [0.15, 0.2) is 18.3 Å². The van der Waals surface area contributed by atoms with Crippen LogP contribution in [-0.2, 0) is 0 Å². The summed E-state index contributed by atoms with van der Waals surface area (Å²) < 4.78 is 0. The number of hydrogen-bond acceptors (Lipinski definition) is 5. The molecule has 0 saturated heterocycles. The second kappa shape index (κ2) is 6.87. The number of carbonyl (C=O) groups excluding carboxylic acids is 1. The second-order valence-electron chi connectivity index (χ2n) is 4.70. The molecular weight excluding hydrogens is 308 g/mol. The SMILES string of the molecule is CC[C@H](C)NC(=O)c1sc(Nc2ccc(Cl)cn2)nc1C. The van der Waals surface area contributed by atoms with Gasteiger partial charge >= 0.3 is 0 Å². The van der Waals surface area contributed by atoms with Gasteiger partial charge in [0, 0.05) is 12.2 Å². The molecule has 0 aliphatic rings. The molecule has 0 spiro atoms. The van der Waals surface area contributed by atoms with E-state index in [0.717, 1.165) is 6.42 Å². The number of aryl methyl sites for hydroxylation is 1. The molecule has 0 aromatic carbocycles. The van der Waals surface area contributed by atoms with Crippen LogP contribution in [0, 0.1) is 6.92 Å². The normalized spacial score (nSPS) is 12.0. The van der Waals surface area contributed by atoms with Crippen LogP contribution in [0.1, 0.15) is 35.6 Å². The van der Waals surface area contributed by atoms with Crippen molar-refractivity contribution in [2.45, 2.75) is 33.2 Å². The van der Waals surface area contributed by atoms with Gasteiger partial charge in [-0.25, -0.2) is 9.97 Å². The topological polar surface area (TPSA) is 66.9 Å². The van der Waals surface area contributed by atoms with E-state index in [-0.39, 0.29) is 11.9 Å². The lowest BCUT2D eigenvalue weighted by atomic mass is 10.2. The third kappa shape index (κ3) is 4.15. The largest absolute Gasteiger partial charge is 0.349 e. The second-order valence-corrected chi connectivity index (χ2v) is 6.14. The minimum absolute atomic E-state index is 0.0866. The van der Waals surface area contributed by atoms with E-state index in [1.165, 1.54) is 11.3 Å². The van der Waals surface area contributed by atoms with E-state index in [9.17, 15) is 4.79 Å². The number of halogens is 1. The number of hydrogen-bond donors (Lipinski definition) is 2. The molecule has 0 aliphatic carbocycles. The molecule has 112 valence electrons. The molecule has 2 aromatic heterocycles. The summed E-state index contributed by atoms with van der Waals surface area (Å²) in [6.07, 6.45) is 2.45. The van der Waals surface area contributed by atoms with Gasteiger partial charge in [0.1, 0.15) is 10.7 Å². The summed E-state index contributed by atoms with van der Waals surface area (Å²) in [6, 6.07) is 3.65. The van der Waals surface area contributed by atoms with Crippen LogP contribution in [0.3, 0.4) is 0 Å². The zero-order valence-corrected chi connectivity index (χ0v) is 13.7. The van der Waals surface area contributed by atoms with Gasteiger partial charge in [-0.1, -0.05) is 29.9 Å². The van der Waals surface area contributed by atoms with E-state index in [0.29, 0.717) is 26.5 Å². The number of nitrogens with one attached hydrogen (secondary N) is 2. The van der Waals surface area contributed by atoms with E-state index in [1.54, 1.807) is 18.3 Å². The number of aromatic nitrogens is 2. The average Bonchev–Trinajstić information content (AvgIpc) is 2.82. The predicted molar refractivity (Wildman–Crippen MR) is 86.6 cm³/mol. The zero-order chi connectivity index (χ0) is 15.4. The highest BCUT2D eigenvalue weighted by Crippen LogP contribution is 2.25. The maximum atomic E-state index is 12.1. The molecule has 21 heavy (non-hydrogen) atoms. The van der Waals surface area contributed by atoms with Crippen LogP contribution >= 0.6 is 22.9 Å². The number of rotatable bonds is 5. The molecular formula is C14H17ClN4OS. The first-order valence-electron chi connectivity index (χ1n) is 6.66. The Morgan fingerprint density at radius 1 is 1.48 bits per heavy atom. The van der Waals surface area contributed by atoms with Crippen LogP contribution in [0.2, 0.25) is 5.02 Å². The highest BCUT2D eigenvalue weighted by molar-refractivity contribution is 7.17. The van der Waals surface area contributed by atoms with Crippen LogP contribution in [-0.4, -0.2) is 21.9 Å². The Balaban J connectivity index is 2.11. The Morgan fingerprint density at radius 2 is 2.24 bits per heavy atom. The van der Waals surface area contributed by atoms with Gasteiger partial charge in [-0.15, -0.1) is 0 Å². The maximum Gasteiger partial charge on any atom is 0.263 e. The summed E-state index contributed by atoms with van der Waals surface area (Å²) >= 11 is 7.10. The molecule has 0 radical (unpaired) electrons. The number of amides is 1. The van der Waals surface area contributed by atoms with Gasteiger partial charge in [-0.2, -0.15) is 0 Å². The van der Waals surface area contributed by atoms with Crippen molar-refractivity contribution in [3.05, 3.63) is 33.9 Å². The van der Waals surface area contributed by atoms with E-state index in [1.807, 2.05) is 20.8 Å². The number of pyridine rings is 1. The third-order valence-electron chi connectivity index (χ3n) is 2.96. The Kier molecular flexibility index (Phi) is 5.14. The molecule has 0 saturated carbocycles. The zero-order valence-electron chi connectivity index (χ0n) is 12.1. The Morgan fingerprint density at radius 3 is 2.86 bits per heavy atom. The minimum Gasteiger partial charge on any atom is -0.349 e. The molecule has 0 bridgehead atoms. The molecule has 1 amide bonds. The van der Waals surface area contributed by atoms with Crippen molar-refractivity contribution in [1.29, 1.82) is 0 Å². The van der Waals surface area contributed by atoms with Gasteiger partial charge in [0.15, 0.2) is 5.13 Å². The molecule has 1 atom stereocenters. The van der Waals surface area contributed by atoms with Crippen molar-refractivity contribution in [1.82, 2.24) is 15.3 Å². The minimum atomic E-state index is -0.0866. The first-order chi connectivity index (χ1) is 9.99. The Labute approximate surface area is 132 Å². The number of anilines is 2. The summed E-state index contributed by atoms with van der Waals surface area (Å²) in [6.45, 7) is 5.83. The smallest absolute Gasteiger partial charge is 0.263 e. The first-order valence-corrected chi connectivity index (χ1v) is 7.86. The maximum absolute atomic E-state index is 12.1. The van der Waals surface area contributed by atoms with Crippen LogP contribution in [0.25, 0.3) is 0 Å². The van der Waals surface area contributed by atoms with Gasteiger partial charge in [0.25, 0.3) is 5.91 Å². The molecule has 2 heterocycles. The highest BCUT2D eigenvalue weighted by atomic mass is 35.5. The van der Waals surface area contributed by atoms with E-state index in [4.69, 9.17) is 11.6 Å². The van der Waals surface area contributed by atoms with Gasteiger partial charge in [-0.3, -0.25) is 4.79 Å². The monoisotopic (exact) mass is 324 g/mol. The fraction of sp³-hybridized carbons (Fsp3) is 0.357. The summed E-state index contributed by atoms with van der Waals surface area (Å²) in [5, 5.41) is 7.22. The lowest BCUT2D eigenvalue weighted by Crippen LogP contribution is -2.31. The van der Waals surface area contributed by atoms with Crippen molar-refractivity contribution >= 4 is 39.8 Å². The summed E-state index contributed by atoms with van der Waals surface area (Å²) in [7, 11) is 0. The molecule has 0 unspecified atom stereocenters. The fourth-order valence-electron chi connectivity index (χ4n) is 1.61. The predicted octanol–water partition coefficient (Wildman–Crippen LogP) is 3.77. The van der Waals surface area contributed by atoms with Crippen LogP contribution in [0.5, 0.6) is 0 Å². The standard InChI is InChI=1S/C14H17ClN4OS/c1-4-8(2)17-13(20)12-9(3)18-14(21-12)19-11-6-5-10(15)7-16-11/h5-8H,4H2,1-3H3,(H,17,20)(H,16,18,19)/t8-/m0/s1. The number of carbonyl (C=O) groups is 1. The van der Waals surface area contributed by atoms with Crippen molar-refractivity contribution < 1.29 is 4.79 Å². The van der Waals surface area contributed by atoms with Crippen molar-refractivity contribution in [2.24, 2.45) is 0 Å². The summed E-state index contributed by atoms with van der Waals surface area (Å²) in [4.78, 5) is 21.3. The summed E-state index contributed by atoms with van der Waals surface area (Å²) in [5.74, 6) is 0.554. The van der Waals surface area contributed by atoms with Gasteiger partial charge in [0.05, 0.1) is 10.7 Å². The molecule has 2 aromatic rings. The lowest BCUT2D eigenvalue weighted by Gasteiger charge is -2.09. The van der Waals surface area contributed by atoms with Crippen molar-refractivity contribution in [2.75, 3.05) is 5.32 Å². The van der Waals surface area contributed by atoms with E-state index < -0.39 is 0 Å².